The molecule has 5 aromatic rings. The van der Waals surface area contributed by atoms with E-state index in [1.807, 2.05) is 0 Å². The average Bonchev–Trinajstić information content (AvgIpc) is 3.21. The Morgan fingerprint density at radius 3 is 1.77 bits per heavy atom. The summed E-state index contributed by atoms with van der Waals surface area (Å²) in [4.78, 5) is 0. The lowest BCUT2D eigenvalue weighted by Gasteiger charge is -2.19. The monoisotopic (exact) mass is 401 g/mol. The van der Waals surface area contributed by atoms with Crippen LogP contribution in [0, 0.1) is 6.92 Å². The molecule has 150 valence electrons. The van der Waals surface area contributed by atoms with Crippen LogP contribution in [-0.4, -0.2) is 4.57 Å². The molecule has 0 aliphatic heterocycles. The lowest BCUT2D eigenvalue weighted by atomic mass is 9.95. The highest BCUT2D eigenvalue weighted by atomic mass is 15.0. The van der Waals surface area contributed by atoms with Crippen LogP contribution in [0.2, 0.25) is 0 Å². The largest absolute Gasteiger partial charge is 0.310 e. The van der Waals surface area contributed by atoms with Crippen molar-refractivity contribution in [2.45, 2.75) is 6.92 Å². The maximum absolute atomic E-state index is 2.36. The fourth-order valence-electron chi connectivity index (χ4n) is 4.32. The Balaban J connectivity index is 1.86. The topological polar surface area (TPSA) is 8.81 Å². The number of pyridine rings is 1. The van der Waals surface area contributed by atoms with E-state index < -0.39 is 0 Å². The van der Waals surface area contributed by atoms with E-state index in [1.165, 1.54) is 44.9 Å². The van der Waals surface area contributed by atoms with Crippen LogP contribution >= 0.6 is 0 Å². The molecule has 0 aliphatic carbocycles. The minimum absolute atomic E-state index is 1.19. The molecule has 0 aliphatic rings. The van der Waals surface area contributed by atoms with Crippen LogP contribution < -0.4 is 4.57 Å². The molecular formula is C29H25N2+. The number of hydrogen-bond acceptors (Lipinski definition) is 0. The summed E-state index contributed by atoms with van der Waals surface area (Å²) in [6, 6.07) is 36.5. The van der Waals surface area contributed by atoms with Gasteiger partial charge in [0.15, 0.2) is 6.20 Å². The lowest BCUT2D eigenvalue weighted by molar-refractivity contribution is -0.660. The van der Waals surface area contributed by atoms with Crippen molar-refractivity contribution in [3.8, 4) is 39.3 Å². The second kappa shape index (κ2) is 8.08. The van der Waals surface area contributed by atoms with E-state index in [0.29, 0.717) is 0 Å². The van der Waals surface area contributed by atoms with Crippen LogP contribution in [0.15, 0.2) is 116 Å². The first-order chi connectivity index (χ1) is 15.2. The van der Waals surface area contributed by atoms with Crippen molar-refractivity contribution in [1.29, 1.82) is 0 Å². The number of benzene rings is 3. The van der Waals surface area contributed by atoms with Crippen molar-refractivity contribution >= 4 is 0 Å². The third-order valence-electron chi connectivity index (χ3n) is 5.83. The Bertz CT molecular complexity index is 1270. The van der Waals surface area contributed by atoms with Gasteiger partial charge in [-0.15, -0.1) is 0 Å². The van der Waals surface area contributed by atoms with Crippen LogP contribution in [0.5, 0.6) is 0 Å². The van der Waals surface area contributed by atoms with E-state index in [4.69, 9.17) is 0 Å². The molecule has 2 heteroatoms. The lowest BCUT2D eigenvalue weighted by Crippen LogP contribution is -2.30. The number of para-hydroxylation sites is 1. The molecule has 0 bridgehead atoms. The Morgan fingerprint density at radius 1 is 0.613 bits per heavy atom. The molecule has 0 unspecified atom stereocenters. The van der Waals surface area contributed by atoms with Gasteiger partial charge >= 0.3 is 0 Å². The van der Waals surface area contributed by atoms with E-state index >= 15 is 0 Å². The molecule has 3 aromatic carbocycles. The van der Waals surface area contributed by atoms with E-state index in [0.717, 1.165) is 0 Å². The molecule has 5 rings (SSSR count). The molecule has 2 aromatic heterocycles. The third kappa shape index (κ3) is 3.47. The van der Waals surface area contributed by atoms with Gasteiger partial charge in [-0.25, -0.2) is 0 Å². The first-order valence-electron chi connectivity index (χ1n) is 10.6. The minimum Gasteiger partial charge on any atom is -0.310 e. The quantitative estimate of drug-likeness (QED) is 0.300. The molecule has 2 heterocycles. The summed E-state index contributed by atoms with van der Waals surface area (Å²) in [7, 11) is 2.10. The van der Waals surface area contributed by atoms with Gasteiger partial charge in [0, 0.05) is 29.5 Å². The van der Waals surface area contributed by atoms with Crippen LogP contribution in [-0.2, 0) is 7.05 Å². The van der Waals surface area contributed by atoms with Crippen LogP contribution in [0.3, 0.4) is 0 Å². The normalized spacial score (nSPS) is 10.9. The SMILES string of the molecule is Cc1ccn(-c2c(-c3ccccc3)cccc2-c2ccccc2)c1-c1cccc[n+]1C. The molecule has 0 fully saturated rings. The molecule has 0 saturated carbocycles. The van der Waals surface area contributed by atoms with Gasteiger partial charge in [-0.2, -0.15) is 4.57 Å². The summed E-state index contributed by atoms with van der Waals surface area (Å²) in [5.41, 5.74) is 9.72. The third-order valence-corrected chi connectivity index (χ3v) is 5.83. The van der Waals surface area contributed by atoms with Gasteiger partial charge in [-0.3, -0.25) is 0 Å². The second-order valence-electron chi connectivity index (χ2n) is 7.85. The highest BCUT2D eigenvalue weighted by Gasteiger charge is 2.22. The molecule has 0 spiro atoms. The maximum atomic E-state index is 2.36. The molecule has 0 N–H and O–H groups in total. The summed E-state index contributed by atoms with van der Waals surface area (Å²) >= 11 is 0. The first kappa shape index (κ1) is 19.1. The van der Waals surface area contributed by atoms with E-state index in [2.05, 4.69) is 139 Å². The van der Waals surface area contributed by atoms with Gasteiger partial charge in [0.05, 0.1) is 5.69 Å². The molecular weight excluding hydrogens is 376 g/mol. The number of nitrogens with zero attached hydrogens (tertiary/aromatic N) is 2. The fourth-order valence-corrected chi connectivity index (χ4v) is 4.32. The number of aromatic nitrogens is 2. The van der Waals surface area contributed by atoms with Crippen LogP contribution in [0.4, 0.5) is 0 Å². The molecule has 2 nitrogen and oxygen atoms in total. The highest BCUT2D eigenvalue weighted by Crippen LogP contribution is 2.38. The molecule has 0 saturated heterocycles. The summed E-state index contributed by atoms with van der Waals surface area (Å²) in [5.74, 6) is 0. The zero-order valence-corrected chi connectivity index (χ0v) is 17.9. The van der Waals surface area contributed by atoms with Crippen molar-refractivity contribution in [2.24, 2.45) is 7.05 Å². The van der Waals surface area contributed by atoms with Crippen molar-refractivity contribution in [3.05, 3.63) is 121 Å². The van der Waals surface area contributed by atoms with Gasteiger partial charge in [-0.1, -0.05) is 78.9 Å². The second-order valence-corrected chi connectivity index (χ2v) is 7.85. The molecule has 0 radical (unpaired) electrons. The van der Waals surface area contributed by atoms with Gasteiger partial charge in [-0.05, 0) is 35.7 Å². The fraction of sp³-hybridized carbons (Fsp3) is 0.0690. The van der Waals surface area contributed by atoms with Crippen molar-refractivity contribution in [3.63, 3.8) is 0 Å². The molecule has 0 atom stereocenters. The van der Waals surface area contributed by atoms with Gasteiger partial charge < -0.3 is 4.57 Å². The predicted molar refractivity (Wildman–Crippen MR) is 128 cm³/mol. The highest BCUT2D eigenvalue weighted by molar-refractivity contribution is 5.86. The van der Waals surface area contributed by atoms with Crippen molar-refractivity contribution < 1.29 is 4.57 Å². The minimum atomic E-state index is 1.19. The molecule has 31 heavy (non-hydrogen) atoms. The first-order valence-corrected chi connectivity index (χ1v) is 10.6. The average molecular weight is 402 g/mol. The van der Waals surface area contributed by atoms with E-state index in [1.54, 1.807) is 0 Å². The zero-order valence-electron chi connectivity index (χ0n) is 17.9. The van der Waals surface area contributed by atoms with Gasteiger partial charge in [0.2, 0.25) is 5.69 Å². The summed E-state index contributed by atoms with van der Waals surface area (Å²) in [5, 5.41) is 0. The number of rotatable bonds is 4. The number of hydrogen-bond donors (Lipinski definition) is 0. The Hall–Kier alpha value is -3.91. The van der Waals surface area contributed by atoms with E-state index in [9.17, 15) is 0 Å². The van der Waals surface area contributed by atoms with Crippen LogP contribution in [0.25, 0.3) is 39.3 Å². The summed E-state index contributed by atoms with van der Waals surface area (Å²) in [6.07, 6.45) is 4.30. The Kier molecular flexibility index (Phi) is 4.97. The number of aryl methyl sites for hydroxylation is 2. The smallest absolute Gasteiger partial charge is 0.229 e. The predicted octanol–water partition coefficient (Wildman–Crippen LogP) is 6.61. The van der Waals surface area contributed by atoms with Gasteiger partial charge in [0.1, 0.15) is 12.7 Å². The van der Waals surface area contributed by atoms with Gasteiger partial charge in [0.25, 0.3) is 0 Å². The maximum Gasteiger partial charge on any atom is 0.229 e. The van der Waals surface area contributed by atoms with Crippen molar-refractivity contribution in [2.75, 3.05) is 0 Å². The Labute approximate surface area is 183 Å². The Morgan fingerprint density at radius 2 is 1.19 bits per heavy atom. The van der Waals surface area contributed by atoms with E-state index in [-0.39, 0.29) is 0 Å². The van der Waals surface area contributed by atoms with Crippen molar-refractivity contribution in [1.82, 2.24) is 4.57 Å². The molecule has 0 amide bonds. The van der Waals surface area contributed by atoms with Crippen LogP contribution in [0.1, 0.15) is 5.56 Å². The standard InChI is InChI=1S/C29H25N2/c1-22-19-21-31(28(22)27-18-9-10-20-30(27)2)29-25(23-12-5-3-6-13-23)16-11-17-26(29)24-14-7-4-8-15-24/h3-21H,1-2H3/q+1. The summed E-state index contributed by atoms with van der Waals surface area (Å²) in [6.45, 7) is 2.19. The zero-order chi connectivity index (χ0) is 21.2. The summed E-state index contributed by atoms with van der Waals surface area (Å²) < 4.78 is 4.54.